The van der Waals surface area contributed by atoms with E-state index in [1.54, 1.807) is 26.2 Å². The van der Waals surface area contributed by atoms with Crippen LogP contribution in [0.2, 0.25) is 0 Å². The first-order valence-electron chi connectivity index (χ1n) is 13.0. The molecule has 3 aromatic rings. The van der Waals surface area contributed by atoms with Crippen molar-refractivity contribution in [3.63, 3.8) is 0 Å². The van der Waals surface area contributed by atoms with Gasteiger partial charge in [0.15, 0.2) is 17.2 Å². The molecule has 2 aromatic heterocycles. The number of hydrogen-bond donors (Lipinski definition) is 2. The van der Waals surface area contributed by atoms with Gasteiger partial charge in [0, 0.05) is 54.9 Å². The number of anilines is 4. The van der Waals surface area contributed by atoms with E-state index in [1.807, 2.05) is 25.1 Å². The summed E-state index contributed by atoms with van der Waals surface area (Å²) in [4.78, 5) is 42.3. The number of hydrogen-bond acceptors (Lipinski definition) is 8. The van der Waals surface area contributed by atoms with Gasteiger partial charge in [0.2, 0.25) is 11.9 Å². The molecule has 0 saturated carbocycles. The van der Waals surface area contributed by atoms with Crippen LogP contribution in [0.5, 0.6) is 5.75 Å². The molecule has 0 unspecified atom stereocenters. The molecule has 5 heterocycles. The van der Waals surface area contributed by atoms with E-state index in [2.05, 4.69) is 54.4 Å². The molecule has 2 atom stereocenters. The summed E-state index contributed by atoms with van der Waals surface area (Å²) in [6, 6.07) is 10.6. The number of benzene rings is 1. The number of fused-ring (bicyclic) bond motifs is 3. The maximum Gasteiger partial charge on any atom is 0.269 e. The van der Waals surface area contributed by atoms with Crippen LogP contribution in [0.15, 0.2) is 42.7 Å². The zero-order valence-corrected chi connectivity index (χ0v) is 22.0. The summed E-state index contributed by atoms with van der Waals surface area (Å²) in [7, 11) is 0. The van der Waals surface area contributed by atoms with Gasteiger partial charge in [-0.15, -0.1) is 0 Å². The molecule has 0 aliphatic carbocycles. The third-order valence-corrected chi connectivity index (χ3v) is 7.57. The molecule has 10 nitrogen and oxygen atoms in total. The number of carbonyl (C=O) groups excluding carboxylic acids is 2. The van der Waals surface area contributed by atoms with Crippen LogP contribution < -0.4 is 20.3 Å². The second-order valence-electron chi connectivity index (χ2n) is 10.6. The molecule has 2 N–H and O–H groups in total. The number of pyridine rings is 1. The van der Waals surface area contributed by atoms with Crippen molar-refractivity contribution < 1.29 is 14.3 Å². The van der Waals surface area contributed by atoms with Crippen LogP contribution in [0.25, 0.3) is 11.3 Å². The Hall–Kier alpha value is -4.21. The summed E-state index contributed by atoms with van der Waals surface area (Å²) in [6.45, 7) is 9.17. The lowest BCUT2D eigenvalue weighted by Crippen LogP contribution is -2.48. The Morgan fingerprint density at radius 1 is 1.18 bits per heavy atom. The van der Waals surface area contributed by atoms with Crippen LogP contribution in [0.4, 0.5) is 23.1 Å². The number of nitrogens with zero attached hydrogens (tertiary/aromatic N) is 5. The smallest absolute Gasteiger partial charge is 0.269 e. The molecule has 2 saturated heterocycles. The molecule has 2 amide bonds. The van der Waals surface area contributed by atoms with Crippen molar-refractivity contribution in [3.05, 3.63) is 48.3 Å². The molecule has 196 valence electrons. The van der Waals surface area contributed by atoms with Gasteiger partial charge >= 0.3 is 0 Å². The first-order valence-corrected chi connectivity index (χ1v) is 13.0. The van der Waals surface area contributed by atoms with Crippen molar-refractivity contribution in [1.82, 2.24) is 19.9 Å². The van der Waals surface area contributed by atoms with Crippen LogP contribution >= 0.6 is 0 Å². The van der Waals surface area contributed by atoms with Crippen molar-refractivity contribution in [2.24, 2.45) is 0 Å². The molecule has 6 rings (SSSR count). The highest BCUT2D eigenvalue weighted by Gasteiger charge is 2.45. The molecule has 2 bridgehead atoms. The minimum Gasteiger partial charge on any atom is -0.474 e. The van der Waals surface area contributed by atoms with Gasteiger partial charge in [-0.3, -0.25) is 9.59 Å². The third kappa shape index (κ3) is 4.19. The molecule has 3 aliphatic rings. The minimum atomic E-state index is -0.976. The standard InChI is InChI=1S/C28H31N7O3/c1-5-24(36)35-15-19-12-20(35)14-34(19)22-7-6-18(10-16(22)2)31-27-29-9-8-21(32-27)17-11-23-25(30-13-17)33-26(37)28(3,4)38-23/h6-11,13,19-20H,5,12,14-15H2,1-4H3,(H,29,31,32)(H,30,33,37)/t19-,20-/m0/s1. The quantitative estimate of drug-likeness (QED) is 0.528. The Morgan fingerprint density at radius 2 is 2.03 bits per heavy atom. The fraction of sp³-hybridized carbons (Fsp3) is 0.393. The van der Waals surface area contributed by atoms with Gasteiger partial charge in [0.1, 0.15) is 0 Å². The summed E-state index contributed by atoms with van der Waals surface area (Å²) >= 11 is 0. The maximum atomic E-state index is 12.2. The van der Waals surface area contributed by atoms with Gasteiger partial charge in [-0.2, -0.15) is 0 Å². The number of amides is 2. The number of rotatable bonds is 5. The van der Waals surface area contributed by atoms with Gasteiger partial charge in [0.05, 0.1) is 11.7 Å². The van der Waals surface area contributed by atoms with E-state index in [0.29, 0.717) is 41.7 Å². The highest BCUT2D eigenvalue weighted by atomic mass is 16.5. The normalized spacial score (nSPS) is 21.1. The molecule has 0 spiro atoms. The van der Waals surface area contributed by atoms with Gasteiger partial charge in [-0.1, -0.05) is 6.92 Å². The van der Waals surface area contributed by atoms with E-state index in [4.69, 9.17) is 4.74 Å². The average Bonchev–Trinajstić information content (AvgIpc) is 3.50. The second-order valence-corrected chi connectivity index (χ2v) is 10.6. The molecule has 3 aliphatic heterocycles. The van der Waals surface area contributed by atoms with Crippen LogP contribution in [-0.2, 0) is 9.59 Å². The first kappa shape index (κ1) is 24.1. The number of ether oxygens (including phenoxy) is 1. The van der Waals surface area contributed by atoms with Crippen LogP contribution in [0, 0.1) is 6.92 Å². The lowest BCUT2D eigenvalue weighted by atomic mass is 10.1. The number of nitrogens with one attached hydrogen (secondary N) is 2. The van der Waals surface area contributed by atoms with Crippen LogP contribution in [0.3, 0.4) is 0 Å². The lowest BCUT2D eigenvalue weighted by Gasteiger charge is -2.36. The highest BCUT2D eigenvalue weighted by molar-refractivity contribution is 5.99. The van der Waals surface area contributed by atoms with E-state index in [9.17, 15) is 9.59 Å². The predicted octanol–water partition coefficient (Wildman–Crippen LogP) is 3.90. The fourth-order valence-corrected chi connectivity index (χ4v) is 5.57. The topological polar surface area (TPSA) is 113 Å². The van der Waals surface area contributed by atoms with Crippen molar-refractivity contribution in [1.29, 1.82) is 0 Å². The molecular weight excluding hydrogens is 482 g/mol. The number of aromatic nitrogens is 3. The van der Waals surface area contributed by atoms with Gasteiger partial charge < -0.3 is 25.2 Å². The van der Waals surface area contributed by atoms with Gasteiger partial charge in [0.25, 0.3) is 5.91 Å². The summed E-state index contributed by atoms with van der Waals surface area (Å²) in [5.74, 6) is 1.40. The molecule has 0 radical (unpaired) electrons. The highest BCUT2D eigenvalue weighted by Crippen LogP contribution is 2.38. The SMILES string of the molecule is CCC(=O)N1C[C@@H]2C[C@H]1CN2c1ccc(Nc2nccc(-c3cnc4c(c3)OC(C)(C)C(=O)N4)n2)cc1C. The molecule has 2 fully saturated rings. The van der Waals surface area contributed by atoms with E-state index < -0.39 is 5.60 Å². The molecule has 38 heavy (non-hydrogen) atoms. The zero-order valence-electron chi connectivity index (χ0n) is 22.0. The first-order chi connectivity index (χ1) is 18.2. The zero-order chi connectivity index (χ0) is 26.6. The molecule has 10 heteroatoms. The average molecular weight is 514 g/mol. The maximum absolute atomic E-state index is 12.2. The molecular formula is C28H31N7O3. The Kier molecular flexibility index (Phi) is 5.70. The Balaban J connectivity index is 1.18. The Morgan fingerprint density at radius 3 is 2.76 bits per heavy atom. The van der Waals surface area contributed by atoms with Gasteiger partial charge in [-0.25, -0.2) is 15.0 Å². The third-order valence-electron chi connectivity index (χ3n) is 7.57. The van der Waals surface area contributed by atoms with Crippen LogP contribution in [-0.4, -0.2) is 62.4 Å². The number of carbonyl (C=O) groups is 2. The van der Waals surface area contributed by atoms with E-state index in [1.165, 1.54) is 5.69 Å². The Bertz CT molecular complexity index is 1440. The minimum absolute atomic E-state index is 0.231. The summed E-state index contributed by atoms with van der Waals surface area (Å²) in [5, 5.41) is 6.10. The van der Waals surface area contributed by atoms with E-state index in [0.717, 1.165) is 36.3 Å². The monoisotopic (exact) mass is 513 g/mol. The molecule has 1 aromatic carbocycles. The largest absolute Gasteiger partial charge is 0.474 e. The van der Waals surface area contributed by atoms with Crippen molar-refractivity contribution >= 4 is 35.0 Å². The number of piperazine rings is 1. The van der Waals surface area contributed by atoms with E-state index >= 15 is 0 Å². The number of likely N-dealkylation sites (tertiary alicyclic amines) is 1. The van der Waals surface area contributed by atoms with E-state index in [-0.39, 0.29) is 11.8 Å². The number of aryl methyl sites for hydroxylation is 1. The lowest BCUT2D eigenvalue weighted by molar-refractivity contribution is -0.132. The van der Waals surface area contributed by atoms with Crippen molar-refractivity contribution in [2.45, 2.75) is 58.2 Å². The fourth-order valence-electron chi connectivity index (χ4n) is 5.57. The van der Waals surface area contributed by atoms with Gasteiger partial charge in [-0.05, 0) is 63.1 Å². The van der Waals surface area contributed by atoms with Crippen molar-refractivity contribution in [2.75, 3.05) is 28.6 Å². The van der Waals surface area contributed by atoms with Crippen LogP contribution in [0.1, 0.15) is 39.2 Å². The summed E-state index contributed by atoms with van der Waals surface area (Å²) in [5.41, 5.74) is 3.73. The van der Waals surface area contributed by atoms with Crippen molar-refractivity contribution in [3.8, 4) is 17.0 Å². The second kappa shape index (κ2) is 8.97. The Labute approximate surface area is 221 Å². The summed E-state index contributed by atoms with van der Waals surface area (Å²) < 4.78 is 5.87. The predicted molar refractivity (Wildman–Crippen MR) is 145 cm³/mol. The summed E-state index contributed by atoms with van der Waals surface area (Å²) in [6.07, 6.45) is 4.96.